The fourth-order valence-corrected chi connectivity index (χ4v) is 0.732. The van der Waals surface area contributed by atoms with Gasteiger partial charge in [0.25, 0.3) is 0 Å². The molecule has 0 saturated carbocycles. The molecule has 0 atom stereocenters. The van der Waals surface area contributed by atoms with Crippen molar-refractivity contribution < 1.29 is 9.63 Å². The maximum absolute atomic E-state index is 10.6. The van der Waals surface area contributed by atoms with E-state index in [4.69, 9.17) is 0 Å². The highest BCUT2D eigenvalue weighted by Gasteiger charge is 2.02. The molecule has 0 fully saturated rings. The summed E-state index contributed by atoms with van der Waals surface area (Å²) in [7, 11) is 1.57. The Balaban J connectivity index is 3.46. The number of thioether (sulfide) groups is 1. The molecule has 0 aromatic carbocycles. The zero-order valence-corrected chi connectivity index (χ0v) is 7.50. The van der Waals surface area contributed by atoms with Crippen LogP contribution in [0.25, 0.3) is 0 Å². The summed E-state index contributed by atoms with van der Waals surface area (Å²) in [5.41, 5.74) is 1.26. The molecular formula is C5H9NO2S2. The van der Waals surface area contributed by atoms with E-state index in [2.05, 4.69) is 17.1 Å². The smallest absolute Gasteiger partial charge is 0.330 e. The maximum Gasteiger partial charge on any atom is 0.391 e. The molecule has 0 aromatic rings. The molecule has 3 nitrogen and oxygen atoms in total. The van der Waals surface area contributed by atoms with Crippen LogP contribution in [0.1, 0.15) is 6.92 Å². The monoisotopic (exact) mass is 179 g/mol. The molecular weight excluding hydrogens is 170 g/mol. The van der Waals surface area contributed by atoms with Gasteiger partial charge in [-0.2, -0.15) is 0 Å². The fraction of sp³-hybridized carbons (Fsp3) is 0.600. The molecule has 0 aliphatic rings. The predicted octanol–water partition coefficient (Wildman–Crippen LogP) is 1.68. The van der Waals surface area contributed by atoms with Gasteiger partial charge in [-0.3, -0.25) is 0 Å². The van der Waals surface area contributed by atoms with Crippen LogP contribution in [0.5, 0.6) is 0 Å². The third kappa shape index (κ3) is 4.58. The molecule has 0 aliphatic carbocycles. The lowest BCUT2D eigenvalue weighted by atomic mass is 11.0. The summed E-state index contributed by atoms with van der Waals surface area (Å²) in [6.45, 7) is 1.88. The van der Waals surface area contributed by atoms with Crippen molar-refractivity contribution in [3.05, 3.63) is 0 Å². The Hall–Kier alpha value is -0.290. The maximum atomic E-state index is 10.6. The number of carbonyl (C=O) groups excluding carboxylic acids is 1. The Labute approximate surface area is 69.7 Å². The first kappa shape index (κ1) is 9.71. The molecule has 5 heteroatoms. The van der Waals surface area contributed by atoms with Gasteiger partial charge in [-0.1, -0.05) is 19.1 Å². The van der Waals surface area contributed by atoms with E-state index in [0.717, 1.165) is 11.8 Å². The van der Waals surface area contributed by atoms with Crippen LogP contribution < -0.4 is 0 Å². The van der Waals surface area contributed by atoms with Crippen molar-refractivity contribution in [2.24, 2.45) is 0 Å². The Kier molecular flexibility index (Phi) is 5.33. The van der Waals surface area contributed by atoms with Crippen LogP contribution in [0.2, 0.25) is 0 Å². The lowest BCUT2D eigenvalue weighted by Crippen LogP contribution is -2.17. The van der Waals surface area contributed by atoms with E-state index < -0.39 is 0 Å². The van der Waals surface area contributed by atoms with Gasteiger partial charge in [0.15, 0.2) is 0 Å². The number of hydrogen-bond donors (Lipinski definition) is 0. The van der Waals surface area contributed by atoms with Gasteiger partial charge in [-0.05, 0) is 11.8 Å². The van der Waals surface area contributed by atoms with Crippen molar-refractivity contribution in [1.29, 1.82) is 0 Å². The van der Waals surface area contributed by atoms with Crippen LogP contribution in [-0.2, 0) is 4.84 Å². The summed E-state index contributed by atoms with van der Waals surface area (Å²) in [5, 5.41) is 0.867. The lowest BCUT2D eigenvalue weighted by molar-refractivity contribution is 0.0108. The van der Waals surface area contributed by atoms with Crippen molar-refractivity contribution in [2.75, 3.05) is 12.8 Å². The molecule has 0 unspecified atom stereocenters. The van der Waals surface area contributed by atoms with Gasteiger partial charge in [0.05, 0.1) is 0 Å². The second-order valence-electron chi connectivity index (χ2n) is 1.43. The summed E-state index contributed by atoms with van der Waals surface area (Å²) in [5.74, 6) is 0.712. The SMILES string of the molecule is CCSC(=O)ON(C)C=S. The number of hydroxylamine groups is 2. The molecule has 0 saturated heterocycles. The summed E-state index contributed by atoms with van der Waals surface area (Å²) >= 11 is 5.60. The van der Waals surface area contributed by atoms with E-state index in [1.807, 2.05) is 6.92 Å². The van der Waals surface area contributed by atoms with Crippen LogP contribution in [-0.4, -0.2) is 28.7 Å². The molecule has 10 heavy (non-hydrogen) atoms. The minimum atomic E-state index is -0.328. The molecule has 0 spiro atoms. The molecule has 0 N–H and O–H groups in total. The molecule has 0 rings (SSSR count). The Morgan fingerprint density at radius 2 is 2.50 bits per heavy atom. The lowest BCUT2D eigenvalue weighted by Gasteiger charge is -2.09. The van der Waals surface area contributed by atoms with Crippen LogP contribution in [0, 0.1) is 0 Å². The number of hydrogen-bond acceptors (Lipinski definition) is 4. The second kappa shape index (κ2) is 5.49. The van der Waals surface area contributed by atoms with Crippen molar-refractivity contribution >= 4 is 34.8 Å². The standard InChI is InChI=1S/C5H9NO2S2/c1-3-10-5(7)8-6(2)4-9/h4H,3H2,1-2H3. The number of nitrogens with zero attached hydrogens (tertiary/aromatic N) is 1. The molecule has 58 valence electrons. The van der Waals surface area contributed by atoms with Gasteiger partial charge in [-0.15, -0.1) is 0 Å². The van der Waals surface area contributed by atoms with E-state index in [1.165, 1.54) is 10.6 Å². The highest BCUT2D eigenvalue weighted by atomic mass is 32.2. The van der Waals surface area contributed by atoms with Gasteiger partial charge in [-0.25, -0.2) is 9.86 Å². The van der Waals surface area contributed by atoms with Crippen LogP contribution in [0.3, 0.4) is 0 Å². The van der Waals surface area contributed by atoms with Crippen molar-refractivity contribution in [3.63, 3.8) is 0 Å². The number of thiocarbonyl (C=S) groups is 1. The predicted molar refractivity (Wildman–Crippen MR) is 46.0 cm³/mol. The van der Waals surface area contributed by atoms with E-state index in [1.54, 1.807) is 7.05 Å². The average molecular weight is 179 g/mol. The third-order valence-electron chi connectivity index (χ3n) is 0.629. The largest absolute Gasteiger partial charge is 0.391 e. The minimum Gasteiger partial charge on any atom is -0.330 e. The average Bonchev–Trinajstić information content (AvgIpc) is 1.88. The van der Waals surface area contributed by atoms with Crippen LogP contribution >= 0.6 is 24.0 Å². The van der Waals surface area contributed by atoms with E-state index in [9.17, 15) is 4.79 Å². The highest BCUT2D eigenvalue weighted by molar-refractivity contribution is 8.13. The van der Waals surface area contributed by atoms with Gasteiger partial charge >= 0.3 is 5.30 Å². The first-order valence-corrected chi connectivity index (χ1v) is 4.19. The number of carbonyl (C=O) groups is 1. The Bertz CT molecular complexity index is 129. The van der Waals surface area contributed by atoms with E-state index >= 15 is 0 Å². The quantitative estimate of drug-likeness (QED) is 0.486. The van der Waals surface area contributed by atoms with Gasteiger partial charge in [0, 0.05) is 12.8 Å². The molecule has 0 amide bonds. The van der Waals surface area contributed by atoms with E-state index in [-0.39, 0.29) is 5.30 Å². The zero-order valence-electron chi connectivity index (χ0n) is 5.86. The first-order valence-electron chi connectivity index (χ1n) is 2.73. The number of rotatable bonds is 3. The Morgan fingerprint density at radius 1 is 1.90 bits per heavy atom. The van der Waals surface area contributed by atoms with Crippen molar-refractivity contribution in [3.8, 4) is 0 Å². The third-order valence-corrected chi connectivity index (χ3v) is 1.52. The second-order valence-corrected chi connectivity index (χ2v) is 2.84. The summed E-state index contributed by atoms with van der Waals surface area (Å²) < 4.78 is 0. The van der Waals surface area contributed by atoms with Crippen molar-refractivity contribution in [2.45, 2.75) is 6.92 Å². The first-order chi connectivity index (χ1) is 4.70. The molecule has 0 heterocycles. The highest BCUT2D eigenvalue weighted by Crippen LogP contribution is 2.03. The summed E-state index contributed by atoms with van der Waals surface area (Å²) in [6, 6.07) is 0. The summed E-state index contributed by atoms with van der Waals surface area (Å²) in [4.78, 5) is 15.3. The topological polar surface area (TPSA) is 29.5 Å². The normalized spacial score (nSPS) is 8.60. The van der Waals surface area contributed by atoms with Gasteiger partial charge in [0.2, 0.25) is 0 Å². The molecule has 0 bridgehead atoms. The van der Waals surface area contributed by atoms with Gasteiger partial charge < -0.3 is 4.84 Å². The molecule has 0 radical (unpaired) electrons. The zero-order chi connectivity index (χ0) is 7.98. The molecule has 0 aromatic heterocycles. The van der Waals surface area contributed by atoms with Gasteiger partial charge in [0.1, 0.15) is 5.49 Å². The summed E-state index contributed by atoms with van der Waals surface area (Å²) in [6.07, 6.45) is 0. The van der Waals surface area contributed by atoms with E-state index in [0.29, 0.717) is 5.75 Å². The molecule has 0 aliphatic heterocycles. The van der Waals surface area contributed by atoms with Crippen LogP contribution in [0.4, 0.5) is 4.79 Å². The van der Waals surface area contributed by atoms with Crippen LogP contribution in [0.15, 0.2) is 0 Å². The minimum absolute atomic E-state index is 0.328. The fourth-order valence-electron chi connectivity index (χ4n) is 0.283. The van der Waals surface area contributed by atoms with Crippen molar-refractivity contribution in [1.82, 2.24) is 5.06 Å². The Morgan fingerprint density at radius 3 is 2.90 bits per heavy atom.